The molecule has 1 aromatic rings. The number of benzene rings is 1. The molecule has 0 spiro atoms. The fraction of sp³-hybridized carbons (Fsp3) is 0.125. The standard InChI is InChI=1S/C8H10N2O2/c1-5-2-3-7(9)6(4-5)8(11)10-12/h2-4,12H,9H2,1H3,(H,10,11). The van der Waals surface area contributed by atoms with Crippen LogP contribution in [0.4, 0.5) is 5.69 Å². The van der Waals surface area contributed by atoms with Gasteiger partial charge in [-0.2, -0.15) is 0 Å². The molecule has 1 rings (SSSR count). The number of nitrogen functional groups attached to an aromatic ring is 1. The molecule has 4 heteroatoms. The van der Waals surface area contributed by atoms with Crippen molar-refractivity contribution in [1.29, 1.82) is 0 Å². The van der Waals surface area contributed by atoms with Crippen LogP contribution in [0.1, 0.15) is 15.9 Å². The molecule has 0 aliphatic rings. The van der Waals surface area contributed by atoms with Crippen LogP contribution >= 0.6 is 0 Å². The Kier molecular flexibility index (Phi) is 2.30. The molecular formula is C8H10N2O2. The Morgan fingerprint density at radius 1 is 1.58 bits per heavy atom. The summed E-state index contributed by atoms with van der Waals surface area (Å²) < 4.78 is 0. The van der Waals surface area contributed by atoms with Crippen molar-refractivity contribution >= 4 is 11.6 Å². The lowest BCUT2D eigenvalue weighted by molar-refractivity contribution is 0.0707. The second-order valence-corrected chi connectivity index (χ2v) is 2.53. The quantitative estimate of drug-likeness (QED) is 0.326. The van der Waals surface area contributed by atoms with Gasteiger partial charge in [-0.05, 0) is 19.1 Å². The van der Waals surface area contributed by atoms with Crippen molar-refractivity contribution in [3.63, 3.8) is 0 Å². The summed E-state index contributed by atoms with van der Waals surface area (Å²) in [5.74, 6) is -0.587. The van der Waals surface area contributed by atoms with E-state index >= 15 is 0 Å². The molecule has 1 aromatic carbocycles. The monoisotopic (exact) mass is 166 g/mol. The van der Waals surface area contributed by atoms with Crippen molar-refractivity contribution in [2.75, 3.05) is 5.73 Å². The Morgan fingerprint density at radius 3 is 2.83 bits per heavy atom. The minimum atomic E-state index is -0.587. The first-order chi connectivity index (χ1) is 5.65. The number of hydroxylamine groups is 1. The van der Waals surface area contributed by atoms with Crippen LogP contribution in [0, 0.1) is 6.92 Å². The van der Waals surface area contributed by atoms with Crippen molar-refractivity contribution in [1.82, 2.24) is 5.48 Å². The molecule has 0 saturated carbocycles. The van der Waals surface area contributed by atoms with Crippen LogP contribution in [0.2, 0.25) is 0 Å². The molecule has 4 N–H and O–H groups in total. The lowest BCUT2D eigenvalue weighted by Crippen LogP contribution is -2.20. The van der Waals surface area contributed by atoms with Crippen molar-refractivity contribution < 1.29 is 10.0 Å². The van der Waals surface area contributed by atoms with Crippen LogP contribution in [0.5, 0.6) is 0 Å². The van der Waals surface area contributed by atoms with Crippen LogP contribution < -0.4 is 11.2 Å². The number of nitrogens with one attached hydrogen (secondary N) is 1. The summed E-state index contributed by atoms with van der Waals surface area (Å²) in [5.41, 5.74) is 8.59. The van der Waals surface area contributed by atoms with Crippen LogP contribution in [0.25, 0.3) is 0 Å². The number of anilines is 1. The average molecular weight is 166 g/mol. The molecule has 0 aliphatic heterocycles. The van der Waals surface area contributed by atoms with E-state index in [1.165, 1.54) is 5.48 Å². The second kappa shape index (κ2) is 3.23. The molecule has 4 nitrogen and oxygen atoms in total. The zero-order valence-corrected chi connectivity index (χ0v) is 6.66. The Labute approximate surface area is 70.0 Å². The second-order valence-electron chi connectivity index (χ2n) is 2.53. The molecule has 0 aromatic heterocycles. The summed E-state index contributed by atoms with van der Waals surface area (Å²) in [5, 5.41) is 8.35. The fourth-order valence-electron chi connectivity index (χ4n) is 0.927. The van der Waals surface area contributed by atoms with Gasteiger partial charge >= 0.3 is 0 Å². The number of carbonyl (C=O) groups is 1. The highest BCUT2D eigenvalue weighted by Gasteiger charge is 2.07. The van der Waals surface area contributed by atoms with Gasteiger partial charge in [0.2, 0.25) is 0 Å². The largest absolute Gasteiger partial charge is 0.398 e. The van der Waals surface area contributed by atoms with E-state index in [0.717, 1.165) is 5.56 Å². The smallest absolute Gasteiger partial charge is 0.276 e. The molecular weight excluding hydrogens is 156 g/mol. The molecule has 0 unspecified atom stereocenters. The van der Waals surface area contributed by atoms with Gasteiger partial charge in [0, 0.05) is 5.69 Å². The molecule has 0 heterocycles. The third-order valence-electron chi connectivity index (χ3n) is 1.55. The first kappa shape index (κ1) is 8.55. The van der Waals surface area contributed by atoms with Gasteiger partial charge in [-0.15, -0.1) is 0 Å². The van der Waals surface area contributed by atoms with Gasteiger partial charge in [0.25, 0.3) is 5.91 Å². The van der Waals surface area contributed by atoms with Gasteiger partial charge in [-0.3, -0.25) is 10.0 Å². The first-order valence-corrected chi connectivity index (χ1v) is 3.45. The number of nitrogens with two attached hydrogens (primary N) is 1. The molecule has 1 amide bonds. The van der Waals surface area contributed by atoms with Gasteiger partial charge < -0.3 is 5.73 Å². The Hall–Kier alpha value is -1.55. The zero-order valence-electron chi connectivity index (χ0n) is 6.66. The van der Waals surface area contributed by atoms with Crippen molar-refractivity contribution in [3.8, 4) is 0 Å². The Bertz CT molecular complexity index is 310. The third kappa shape index (κ3) is 1.54. The molecule has 0 radical (unpaired) electrons. The number of rotatable bonds is 1. The number of carbonyl (C=O) groups excluding carboxylic acids is 1. The summed E-state index contributed by atoms with van der Waals surface area (Å²) in [7, 11) is 0. The molecule has 12 heavy (non-hydrogen) atoms. The highest BCUT2D eigenvalue weighted by molar-refractivity contribution is 5.98. The van der Waals surface area contributed by atoms with Gasteiger partial charge in [0.1, 0.15) is 0 Å². The lowest BCUT2D eigenvalue weighted by atomic mass is 10.1. The summed E-state index contributed by atoms with van der Waals surface area (Å²) in [6, 6.07) is 5.03. The SMILES string of the molecule is Cc1ccc(N)c(C(=O)NO)c1. The number of aryl methyl sites for hydroxylation is 1. The predicted octanol–water partition coefficient (Wildman–Crippen LogP) is 0.696. The van der Waals surface area contributed by atoms with Gasteiger partial charge in [0.15, 0.2) is 0 Å². The number of hydrogen-bond acceptors (Lipinski definition) is 3. The lowest BCUT2D eigenvalue weighted by Gasteiger charge is -2.03. The number of amides is 1. The van der Waals surface area contributed by atoms with Crippen LogP contribution in [0.3, 0.4) is 0 Å². The number of hydrogen-bond donors (Lipinski definition) is 3. The zero-order chi connectivity index (χ0) is 9.14. The predicted molar refractivity (Wildman–Crippen MR) is 44.8 cm³/mol. The summed E-state index contributed by atoms with van der Waals surface area (Å²) in [4.78, 5) is 10.9. The molecule has 64 valence electrons. The van der Waals surface area contributed by atoms with E-state index in [1.54, 1.807) is 18.2 Å². The summed E-state index contributed by atoms with van der Waals surface area (Å²) in [6.45, 7) is 1.84. The molecule has 0 saturated heterocycles. The molecule has 0 fully saturated rings. The van der Waals surface area contributed by atoms with Crippen molar-refractivity contribution in [3.05, 3.63) is 29.3 Å². The van der Waals surface area contributed by atoms with Crippen molar-refractivity contribution in [2.45, 2.75) is 6.92 Å². The minimum absolute atomic E-state index is 0.289. The highest BCUT2D eigenvalue weighted by atomic mass is 16.5. The van der Waals surface area contributed by atoms with Gasteiger partial charge in [0.05, 0.1) is 5.56 Å². The molecule has 0 bridgehead atoms. The Balaban J connectivity index is 3.13. The van der Waals surface area contributed by atoms with Crippen LogP contribution in [-0.2, 0) is 0 Å². The van der Waals surface area contributed by atoms with E-state index in [9.17, 15) is 4.79 Å². The fourth-order valence-corrected chi connectivity index (χ4v) is 0.927. The van der Waals surface area contributed by atoms with Crippen LogP contribution in [0.15, 0.2) is 18.2 Å². The Morgan fingerprint density at radius 2 is 2.25 bits per heavy atom. The van der Waals surface area contributed by atoms with Gasteiger partial charge in [-0.1, -0.05) is 11.6 Å². The third-order valence-corrected chi connectivity index (χ3v) is 1.55. The summed E-state index contributed by atoms with van der Waals surface area (Å²) in [6.07, 6.45) is 0. The van der Waals surface area contributed by atoms with E-state index < -0.39 is 5.91 Å². The van der Waals surface area contributed by atoms with Crippen molar-refractivity contribution in [2.24, 2.45) is 0 Å². The van der Waals surface area contributed by atoms with E-state index in [4.69, 9.17) is 10.9 Å². The van der Waals surface area contributed by atoms with E-state index in [-0.39, 0.29) is 5.56 Å². The highest BCUT2D eigenvalue weighted by Crippen LogP contribution is 2.12. The average Bonchev–Trinajstić information content (AvgIpc) is 2.08. The first-order valence-electron chi connectivity index (χ1n) is 3.45. The molecule has 0 atom stereocenters. The minimum Gasteiger partial charge on any atom is -0.398 e. The van der Waals surface area contributed by atoms with E-state index in [2.05, 4.69) is 0 Å². The maximum atomic E-state index is 10.9. The van der Waals surface area contributed by atoms with Gasteiger partial charge in [-0.25, -0.2) is 5.48 Å². The maximum absolute atomic E-state index is 10.9. The normalized spacial score (nSPS) is 9.50. The maximum Gasteiger partial charge on any atom is 0.276 e. The van der Waals surface area contributed by atoms with E-state index in [0.29, 0.717) is 5.69 Å². The van der Waals surface area contributed by atoms with Crippen LogP contribution in [-0.4, -0.2) is 11.1 Å². The van der Waals surface area contributed by atoms with E-state index in [1.807, 2.05) is 6.92 Å². The summed E-state index contributed by atoms with van der Waals surface area (Å²) >= 11 is 0. The topological polar surface area (TPSA) is 75.4 Å². The molecule has 0 aliphatic carbocycles.